The van der Waals surface area contributed by atoms with Crippen LogP contribution >= 0.6 is 0 Å². The molecule has 56 heavy (non-hydrogen) atoms. The summed E-state index contributed by atoms with van der Waals surface area (Å²) in [6, 6.07) is 9.29. The molecule has 0 heterocycles. The van der Waals surface area contributed by atoms with Crippen LogP contribution in [0.5, 0.6) is 34.5 Å². The Hall–Kier alpha value is -6.17. The number of aromatic hydroxyl groups is 2. The van der Waals surface area contributed by atoms with Crippen LogP contribution < -0.4 is 18.9 Å². The molecule has 0 aliphatic rings. The van der Waals surface area contributed by atoms with E-state index in [9.17, 15) is 29.7 Å². The van der Waals surface area contributed by atoms with E-state index in [0.29, 0.717) is 48.2 Å². The molecule has 0 aromatic heterocycles. The minimum atomic E-state index is -1.03. The van der Waals surface area contributed by atoms with Gasteiger partial charge in [-0.2, -0.15) is 0 Å². The number of methoxy groups -OCH3 is 2. The number of hydrogen-bond donors (Lipinski definition) is 3. The fourth-order valence-corrected chi connectivity index (χ4v) is 4.91. The summed E-state index contributed by atoms with van der Waals surface area (Å²) >= 11 is 0. The summed E-state index contributed by atoms with van der Waals surface area (Å²) in [6.07, 6.45) is 6.48. The van der Waals surface area contributed by atoms with Crippen molar-refractivity contribution in [2.24, 2.45) is 0 Å². The van der Waals surface area contributed by atoms with E-state index in [1.807, 2.05) is 41.5 Å². The molecule has 0 saturated heterocycles. The van der Waals surface area contributed by atoms with Gasteiger partial charge < -0.3 is 43.7 Å². The molecule has 3 N–H and O–H groups in total. The highest BCUT2D eigenvalue weighted by molar-refractivity contribution is 5.94. The van der Waals surface area contributed by atoms with Gasteiger partial charge in [0.25, 0.3) is 0 Å². The average Bonchev–Trinajstić information content (AvgIpc) is 3.16. The van der Waals surface area contributed by atoms with Crippen molar-refractivity contribution in [3.8, 4) is 34.5 Å². The van der Waals surface area contributed by atoms with Gasteiger partial charge in [-0.25, -0.2) is 14.4 Å². The summed E-state index contributed by atoms with van der Waals surface area (Å²) in [6.45, 7) is 27.5. The van der Waals surface area contributed by atoms with E-state index in [2.05, 4.69) is 31.1 Å². The molecule has 0 atom stereocenters. The van der Waals surface area contributed by atoms with E-state index < -0.39 is 17.9 Å². The fourth-order valence-electron chi connectivity index (χ4n) is 4.91. The molecule has 0 fully saturated rings. The van der Waals surface area contributed by atoms with Gasteiger partial charge in [0.1, 0.15) is 77.6 Å². The molecule has 0 amide bonds. The molecule has 0 aliphatic heterocycles. The molecule has 0 radical (unpaired) electrons. The molecule has 0 saturated carbocycles. The smallest absolute Gasteiger partial charge is 0.341 e. The fraction of sp³-hybridized carbons (Fsp3) is 0.341. The molecule has 0 bridgehead atoms. The molecule has 0 spiro atoms. The second kappa shape index (κ2) is 24.3. The lowest BCUT2D eigenvalue weighted by atomic mass is 9.98. The van der Waals surface area contributed by atoms with Crippen LogP contribution in [0, 0.1) is 0 Å². The van der Waals surface area contributed by atoms with E-state index >= 15 is 0 Å². The first-order valence-corrected chi connectivity index (χ1v) is 17.8. The zero-order chi connectivity index (χ0) is 42.5. The number of phenols is 2. The first-order chi connectivity index (χ1) is 26.5. The van der Waals surface area contributed by atoms with Gasteiger partial charge >= 0.3 is 17.9 Å². The number of esters is 2. The Kier molecular flexibility index (Phi) is 20.7. The van der Waals surface area contributed by atoms with Crippen LogP contribution in [0.2, 0.25) is 0 Å². The van der Waals surface area contributed by atoms with Crippen molar-refractivity contribution >= 4 is 17.9 Å². The SMILES string of the molecule is C=CCOc1cc(OCC=C)c(C(C)C)cc1C(=O)O.C=CCOc1cc(OCC=C)c(C(C)C)cc1C(=O)OC.COC(=O)c1cc(C(C)C)c(O)cc1O. The zero-order valence-corrected chi connectivity index (χ0v) is 33.7. The van der Waals surface area contributed by atoms with Crippen molar-refractivity contribution in [3.63, 3.8) is 0 Å². The van der Waals surface area contributed by atoms with Crippen molar-refractivity contribution < 1.29 is 58.1 Å². The van der Waals surface area contributed by atoms with Gasteiger partial charge in [0, 0.05) is 18.2 Å². The van der Waals surface area contributed by atoms with Crippen molar-refractivity contribution in [2.45, 2.75) is 59.3 Å². The van der Waals surface area contributed by atoms with Gasteiger partial charge in [0.15, 0.2) is 0 Å². The summed E-state index contributed by atoms with van der Waals surface area (Å²) in [5.74, 6) is 0.0180. The average molecular weight is 777 g/mol. The third-order valence-corrected chi connectivity index (χ3v) is 7.70. The van der Waals surface area contributed by atoms with Gasteiger partial charge in [-0.15, -0.1) is 0 Å². The number of aromatic carboxylic acids is 1. The van der Waals surface area contributed by atoms with Crippen LogP contribution in [0.1, 0.15) is 107 Å². The lowest BCUT2D eigenvalue weighted by molar-refractivity contribution is 0.0587. The van der Waals surface area contributed by atoms with E-state index in [0.717, 1.165) is 17.2 Å². The van der Waals surface area contributed by atoms with Crippen molar-refractivity contribution in [2.75, 3.05) is 40.6 Å². The molecule has 0 aliphatic carbocycles. The highest BCUT2D eigenvalue weighted by Crippen LogP contribution is 2.36. The molecule has 3 rings (SSSR count). The Morgan fingerprint density at radius 1 is 0.518 bits per heavy atom. The minimum Gasteiger partial charge on any atom is -0.508 e. The van der Waals surface area contributed by atoms with Crippen molar-refractivity contribution in [1.29, 1.82) is 0 Å². The van der Waals surface area contributed by atoms with Crippen LogP contribution in [0.25, 0.3) is 0 Å². The minimum absolute atomic E-state index is 0.0184. The predicted octanol–water partition coefficient (Wildman–Crippen LogP) is 9.37. The second-order valence-corrected chi connectivity index (χ2v) is 12.9. The van der Waals surface area contributed by atoms with Crippen LogP contribution in [-0.2, 0) is 9.47 Å². The maximum Gasteiger partial charge on any atom is 0.341 e. The van der Waals surface area contributed by atoms with E-state index in [1.54, 1.807) is 48.6 Å². The standard InChI is InChI=1S/C17H22O4.C16H20O4.C11H14O4/c1-6-8-20-15-11-16(21-9-7-2)14(17(18)19-5)10-13(15)12(3)4;1-5-7-19-14-10-15(20-8-6-2)13(16(17)18)9-12(14)11(3)4;1-6(2)7-4-8(11(14)15-3)10(13)5-9(7)12/h6-7,10-12H,1-2,8-9H2,3-5H3;5-6,9-11H,1-2,7-8H2,3-4H3,(H,17,18);4-6,12-13H,1-3H3. The molecular formula is C44H56O12. The molecule has 3 aromatic carbocycles. The first-order valence-electron chi connectivity index (χ1n) is 17.8. The Balaban J connectivity index is 0.000000426. The number of ether oxygens (including phenoxy) is 6. The number of carbonyl (C=O) groups excluding carboxylic acids is 2. The monoisotopic (exact) mass is 776 g/mol. The summed E-state index contributed by atoms with van der Waals surface area (Å²) in [5, 5.41) is 28.2. The summed E-state index contributed by atoms with van der Waals surface area (Å²) < 4.78 is 31.5. The number of benzene rings is 3. The van der Waals surface area contributed by atoms with E-state index in [1.165, 1.54) is 20.3 Å². The van der Waals surface area contributed by atoms with Crippen LogP contribution in [0.3, 0.4) is 0 Å². The topological polar surface area (TPSA) is 167 Å². The number of rotatable bonds is 18. The van der Waals surface area contributed by atoms with Crippen LogP contribution in [-0.4, -0.2) is 73.9 Å². The number of hydrogen-bond acceptors (Lipinski definition) is 11. The maximum absolute atomic E-state index is 11.9. The molecule has 3 aromatic rings. The summed E-state index contributed by atoms with van der Waals surface area (Å²) in [7, 11) is 2.58. The summed E-state index contributed by atoms with van der Waals surface area (Å²) in [5.41, 5.74) is 2.93. The van der Waals surface area contributed by atoms with Crippen molar-refractivity contribution in [3.05, 3.63) is 120 Å². The maximum atomic E-state index is 11.9. The number of carboxylic acid groups (broad SMARTS) is 1. The highest BCUT2D eigenvalue weighted by atomic mass is 16.5. The van der Waals surface area contributed by atoms with Crippen molar-refractivity contribution in [1.82, 2.24) is 0 Å². The lowest BCUT2D eigenvalue weighted by Gasteiger charge is -2.17. The van der Waals surface area contributed by atoms with Gasteiger partial charge in [-0.1, -0.05) is 92.2 Å². The summed E-state index contributed by atoms with van der Waals surface area (Å²) in [4.78, 5) is 34.5. The van der Waals surface area contributed by atoms with E-state index in [-0.39, 0.29) is 52.7 Å². The third kappa shape index (κ3) is 14.2. The predicted molar refractivity (Wildman–Crippen MR) is 217 cm³/mol. The highest BCUT2D eigenvalue weighted by Gasteiger charge is 2.21. The molecular weight excluding hydrogens is 720 g/mol. The number of carbonyl (C=O) groups is 3. The second-order valence-electron chi connectivity index (χ2n) is 12.9. The quantitative estimate of drug-likeness (QED) is 0.0829. The normalized spacial score (nSPS) is 10.2. The zero-order valence-electron chi connectivity index (χ0n) is 33.7. The van der Waals surface area contributed by atoms with Gasteiger partial charge in [0.2, 0.25) is 0 Å². The number of phenolic OH excluding ortho intramolecular Hbond substituents is 2. The molecule has 12 heteroatoms. The Morgan fingerprint density at radius 2 is 0.857 bits per heavy atom. The first kappa shape index (κ1) is 47.9. The lowest BCUT2D eigenvalue weighted by Crippen LogP contribution is -2.09. The third-order valence-electron chi connectivity index (χ3n) is 7.70. The number of carboxylic acids is 1. The van der Waals surface area contributed by atoms with Crippen LogP contribution in [0.4, 0.5) is 0 Å². The van der Waals surface area contributed by atoms with Crippen LogP contribution in [0.15, 0.2) is 87.0 Å². The van der Waals surface area contributed by atoms with Gasteiger partial charge in [-0.05, 0) is 52.6 Å². The molecule has 12 nitrogen and oxygen atoms in total. The van der Waals surface area contributed by atoms with Gasteiger partial charge in [-0.3, -0.25) is 0 Å². The van der Waals surface area contributed by atoms with Gasteiger partial charge in [0.05, 0.1) is 14.2 Å². The Bertz CT molecular complexity index is 1820. The molecule has 0 unspecified atom stereocenters. The Morgan fingerprint density at radius 3 is 1.21 bits per heavy atom. The van der Waals surface area contributed by atoms with E-state index in [4.69, 9.17) is 23.7 Å². The Labute approximate surface area is 330 Å². The molecule has 304 valence electrons. The largest absolute Gasteiger partial charge is 0.508 e.